The van der Waals surface area contributed by atoms with E-state index in [1.165, 1.54) is 5.56 Å². The Balaban J connectivity index is 1.39. The molecule has 1 aromatic heterocycles. The van der Waals surface area contributed by atoms with E-state index in [0.29, 0.717) is 36.4 Å². The molecule has 1 saturated heterocycles. The minimum Gasteiger partial charge on any atom is -0.484 e. The molecule has 2 aliphatic rings. The van der Waals surface area contributed by atoms with E-state index in [4.69, 9.17) is 14.7 Å². The van der Waals surface area contributed by atoms with E-state index >= 15 is 0 Å². The summed E-state index contributed by atoms with van der Waals surface area (Å²) in [5, 5.41) is 6.36. The first-order valence-corrected chi connectivity index (χ1v) is 13.2. The Morgan fingerprint density at radius 2 is 1.79 bits per heavy atom. The maximum absolute atomic E-state index is 12.2. The number of carbonyl (C=O) groups is 2. The Morgan fingerprint density at radius 1 is 1.05 bits per heavy atom. The second-order valence-electron chi connectivity index (χ2n) is 11.0. The fraction of sp³-hybridized carbons (Fsp3) is 0.379. The molecule has 2 amide bonds. The number of hydrazine groups is 1. The number of fused-ring (bicyclic) bond motifs is 1. The van der Waals surface area contributed by atoms with Crippen molar-refractivity contribution in [2.75, 3.05) is 25.0 Å². The van der Waals surface area contributed by atoms with Crippen LogP contribution in [-0.2, 0) is 22.7 Å². The maximum Gasteiger partial charge on any atom is 0.258 e. The first-order chi connectivity index (χ1) is 18.6. The minimum absolute atomic E-state index is 0.00688. The van der Waals surface area contributed by atoms with Gasteiger partial charge in [-0.1, -0.05) is 24.3 Å². The Morgan fingerprint density at radius 3 is 2.49 bits per heavy atom. The van der Waals surface area contributed by atoms with Gasteiger partial charge in [0, 0.05) is 48.3 Å². The summed E-state index contributed by atoms with van der Waals surface area (Å²) in [4.78, 5) is 35.8. The van der Waals surface area contributed by atoms with Gasteiger partial charge in [0.2, 0.25) is 5.91 Å². The van der Waals surface area contributed by atoms with E-state index in [0.717, 1.165) is 35.6 Å². The zero-order chi connectivity index (χ0) is 27.6. The number of hydrogen-bond acceptors (Lipinski definition) is 8. The Bertz CT molecular complexity index is 1360. The van der Waals surface area contributed by atoms with Crippen molar-refractivity contribution in [3.8, 4) is 17.1 Å². The van der Waals surface area contributed by atoms with Crippen molar-refractivity contribution in [1.29, 1.82) is 0 Å². The molecule has 10 nitrogen and oxygen atoms in total. The van der Waals surface area contributed by atoms with Crippen LogP contribution in [0.1, 0.15) is 50.4 Å². The van der Waals surface area contributed by atoms with Crippen LogP contribution in [0.5, 0.6) is 5.75 Å². The zero-order valence-corrected chi connectivity index (χ0v) is 22.8. The van der Waals surface area contributed by atoms with Gasteiger partial charge in [-0.3, -0.25) is 20.4 Å². The van der Waals surface area contributed by atoms with Crippen LogP contribution < -0.4 is 26.2 Å². The predicted octanol–water partition coefficient (Wildman–Crippen LogP) is 3.23. The largest absolute Gasteiger partial charge is 0.484 e. The van der Waals surface area contributed by atoms with Gasteiger partial charge >= 0.3 is 0 Å². The van der Waals surface area contributed by atoms with Crippen LogP contribution >= 0.6 is 0 Å². The highest BCUT2D eigenvalue weighted by Gasteiger charge is 2.27. The molecule has 2 aliphatic heterocycles. The highest BCUT2D eigenvalue weighted by Crippen LogP contribution is 2.32. The third kappa shape index (κ3) is 6.52. The standard InChI is InChI=1S/C29H35N7O3/c1-18(37)36-15-24-25(16-36)33-27(20-6-5-7-23(12-20)39-17-26(38)35-29(2,3)4)34-28(24)32-22-10-8-19(9-11-22)21-13-30-31-14-21/h5-12,21,30-31H,13-17H2,1-4H3,(H,35,38)(H,32,33,34). The lowest BCUT2D eigenvalue weighted by molar-refractivity contribution is -0.129. The van der Waals surface area contributed by atoms with Gasteiger partial charge < -0.3 is 20.3 Å². The SMILES string of the molecule is CC(=O)N1Cc2nc(-c3cccc(OCC(=O)NC(C)(C)C)c3)nc(Nc3ccc(C4CNNC4)cc3)c2C1. The van der Waals surface area contributed by atoms with Gasteiger partial charge in [0.25, 0.3) is 5.91 Å². The molecule has 0 radical (unpaired) electrons. The van der Waals surface area contributed by atoms with Crippen LogP contribution in [0, 0.1) is 0 Å². The van der Waals surface area contributed by atoms with Crippen LogP contribution in [-0.4, -0.2) is 51.9 Å². The fourth-order valence-corrected chi connectivity index (χ4v) is 4.71. The maximum atomic E-state index is 12.2. The quantitative estimate of drug-likeness (QED) is 0.368. The number of hydrogen-bond donors (Lipinski definition) is 4. The lowest BCUT2D eigenvalue weighted by Gasteiger charge is -2.20. The number of nitrogens with one attached hydrogen (secondary N) is 4. The Hall–Kier alpha value is -4.02. The van der Waals surface area contributed by atoms with Crippen molar-refractivity contribution in [2.45, 2.75) is 52.2 Å². The summed E-state index contributed by atoms with van der Waals surface area (Å²) in [7, 11) is 0. The minimum atomic E-state index is -0.330. The molecule has 10 heteroatoms. The van der Waals surface area contributed by atoms with Gasteiger partial charge in [-0.2, -0.15) is 0 Å². The summed E-state index contributed by atoms with van der Waals surface area (Å²) in [5.41, 5.74) is 10.7. The van der Waals surface area contributed by atoms with Crippen molar-refractivity contribution in [2.24, 2.45) is 0 Å². The van der Waals surface area contributed by atoms with Crippen molar-refractivity contribution >= 4 is 23.3 Å². The number of carbonyl (C=O) groups excluding carboxylic acids is 2. The van der Waals surface area contributed by atoms with Crippen LogP contribution in [0.4, 0.5) is 11.5 Å². The molecule has 3 heterocycles. The average Bonchev–Trinajstić information content (AvgIpc) is 3.58. The summed E-state index contributed by atoms with van der Waals surface area (Å²) in [5.74, 6) is 1.98. The first kappa shape index (κ1) is 26.6. The van der Waals surface area contributed by atoms with E-state index in [2.05, 4.69) is 45.8 Å². The number of anilines is 2. The van der Waals surface area contributed by atoms with Gasteiger partial charge in [0.1, 0.15) is 11.6 Å². The van der Waals surface area contributed by atoms with E-state index in [9.17, 15) is 9.59 Å². The van der Waals surface area contributed by atoms with Crippen molar-refractivity contribution in [3.63, 3.8) is 0 Å². The zero-order valence-electron chi connectivity index (χ0n) is 22.8. The van der Waals surface area contributed by atoms with Gasteiger partial charge in [0.15, 0.2) is 12.4 Å². The highest BCUT2D eigenvalue weighted by atomic mass is 16.5. The third-order valence-electron chi connectivity index (χ3n) is 6.67. The van der Waals surface area contributed by atoms with Gasteiger partial charge in [-0.25, -0.2) is 9.97 Å². The molecule has 1 fully saturated rings. The molecule has 0 spiro atoms. The summed E-state index contributed by atoms with van der Waals surface area (Å²) >= 11 is 0. The lowest BCUT2D eigenvalue weighted by Crippen LogP contribution is -2.43. The van der Waals surface area contributed by atoms with Gasteiger partial charge in [-0.15, -0.1) is 0 Å². The van der Waals surface area contributed by atoms with Crippen LogP contribution in [0.2, 0.25) is 0 Å². The second-order valence-corrected chi connectivity index (χ2v) is 11.0. The number of ether oxygens (including phenoxy) is 1. The van der Waals surface area contributed by atoms with Crippen LogP contribution in [0.3, 0.4) is 0 Å². The topological polar surface area (TPSA) is 121 Å². The lowest BCUT2D eigenvalue weighted by atomic mass is 10.0. The molecule has 4 N–H and O–H groups in total. The smallest absolute Gasteiger partial charge is 0.258 e. The van der Waals surface area contributed by atoms with Crippen molar-refractivity contribution in [1.82, 2.24) is 31.0 Å². The summed E-state index contributed by atoms with van der Waals surface area (Å²) in [6.45, 7) is 9.94. The molecule has 5 rings (SSSR count). The van der Waals surface area contributed by atoms with Gasteiger partial charge in [-0.05, 0) is 50.6 Å². The second kappa shape index (κ2) is 11.0. The molecule has 0 unspecified atom stereocenters. The summed E-state index contributed by atoms with van der Waals surface area (Å²) < 4.78 is 5.75. The normalized spacial score (nSPS) is 15.2. The number of amides is 2. The molecular formula is C29H35N7O3. The van der Waals surface area contributed by atoms with Crippen LogP contribution in [0.15, 0.2) is 48.5 Å². The summed E-state index contributed by atoms with van der Waals surface area (Å²) in [6, 6.07) is 15.7. The molecule has 0 aliphatic carbocycles. The monoisotopic (exact) mass is 529 g/mol. The molecule has 3 aromatic rings. The van der Waals surface area contributed by atoms with Crippen molar-refractivity contribution in [3.05, 3.63) is 65.4 Å². The van der Waals surface area contributed by atoms with Gasteiger partial charge in [0.05, 0.1) is 18.8 Å². The van der Waals surface area contributed by atoms with Crippen molar-refractivity contribution < 1.29 is 14.3 Å². The molecule has 0 saturated carbocycles. The highest BCUT2D eigenvalue weighted by molar-refractivity contribution is 5.78. The Kier molecular flexibility index (Phi) is 7.49. The van der Waals surface area contributed by atoms with E-state index < -0.39 is 0 Å². The molecular weight excluding hydrogens is 494 g/mol. The Labute approximate surface area is 228 Å². The number of rotatable bonds is 7. The molecule has 204 valence electrons. The number of aromatic nitrogens is 2. The van der Waals surface area contributed by atoms with E-state index in [-0.39, 0.29) is 24.0 Å². The summed E-state index contributed by atoms with van der Waals surface area (Å²) in [6.07, 6.45) is 0. The predicted molar refractivity (Wildman–Crippen MR) is 149 cm³/mol. The first-order valence-electron chi connectivity index (χ1n) is 13.2. The van der Waals surface area contributed by atoms with Crippen LogP contribution in [0.25, 0.3) is 11.4 Å². The van der Waals surface area contributed by atoms with E-state index in [1.54, 1.807) is 17.9 Å². The fourth-order valence-electron chi connectivity index (χ4n) is 4.71. The molecule has 2 aromatic carbocycles. The number of benzene rings is 2. The van der Waals surface area contributed by atoms with E-state index in [1.807, 2.05) is 39.0 Å². The molecule has 0 atom stereocenters. The molecule has 39 heavy (non-hydrogen) atoms. The average molecular weight is 530 g/mol. The molecule has 0 bridgehead atoms. The number of nitrogens with zero attached hydrogens (tertiary/aromatic N) is 3. The third-order valence-corrected chi connectivity index (χ3v) is 6.67.